The van der Waals surface area contributed by atoms with Gasteiger partial charge in [-0.1, -0.05) is 33.3 Å². The number of anilines is 5. The summed E-state index contributed by atoms with van der Waals surface area (Å²) in [5.74, 6) is 1.72. The van der Waals surface area contributed by atoms with Crippen molar-refractivity contribution in [1.82, 2.24) is 35.0 Å². The van der Waals surface area contributed by atoms with Gasteiger partial charge in [-0.15, -0.1) is 0 Å². The van der Waals surface area contributed by atoms with E-state index in [0.717, 1.165) is 43.1 Å². The Kier molecular flexibility index (Phi) is 6.94. The van der Waals surface area contributed by atoms with Crippen molar-refractivity contribution in [3.05, 3.63) is 47.4 Å². The summed E-state index contributed by atoms with van der Waals surface area (Å²) in [4.78, 5) is 36.3. The molecule has 12 heteroatoms. The molecule has 5 N–H and O–H groups in total. The molecule has 2 aliphatic rings. The molecule has 4 aromatic rings. The summed E-state index contributed by atoms with van der Waals surface area (Å²) < 4.78 is 0. The number of nitrogen functional groups attached to an aromatic ring is 1. The van der Waals surface area contributed by atoms with Gasteiger partial charge < -0.3 is 21.3 Å². The Balaban J connectivity index is 1.26. The molecule has 2 saturated heterocycles. The number of hydrogen-bond acceptors (Lipinski definition) is 10. The Morgan fingerprint density at radius 3 is 2.73 bits per heavy atom. The van der Waals surface area contributed by atoms with E-state index in [9.17, 15) is 4.79 Å². The van der Waals surface area contributed by atoms with Crippen LogP contribution in [0.5, 0.6) is 0 Å². The quantitative estimate of drug-likeness (QED) is 0.284. The summed E-state index contributed by atoms with van der Waals surface area (Å²) in [5, 5.41) is 13.5. The van der Waals surface area contributed by atoms with Gasteiger partial charge >= 0.3 is 0 Å². The van der Waals surface area contributed by atoms with Crippen molar-refractivity contribution in [3.8, 4) is 0 Å². The number of amides is 1. The zero-order chi connectivity index (χ0) is 28.7. The minimum atomic E-state index is -0.250. The van der Waals surface area contributed by atoms with E-state index in [-0.39, 0.29) is 11.3 Å². The van der Waals surface area contributed by atoms with Crippen LogP contribution in [0.4, 0.5) is 29.1 Å². The normalized spacial score (nSPS) is 17.9. The molecule has 41 heavy (non-hydrogen) atoms. The lowest BCUT2D eigenvalue weighted by atomic mass is 9.92. The summed E-state index contributed by atoms with van der Waals surface area (Å²) in [6.07, 6.45) is 5.17. The molecule has 0 spiro atoms. The molecule has 2 aliphatic heterocycles. The molecule has 1 amide bonds. The van der Waals surface area contributed by atoms with Gasteiger partial charge in [0.15, 0.2) is 11.6 Å². The second kappa shape index (κ2) is 10.6. The molecule has 12 nitrogen and oxygen atoms in total. The number of hydrogen-bond donors (Lipinski definition) is 4. The van der Waals surface area contributed by atoms with Crippen LogP contribution < -0.4 is 21.3 Å². The maximum atomic E-state index is 13.1. The Labute approximate surface area is 239 Å². The van der Waals surface area contributed by atoms with Crippen LogP contribution in [0.3, 0.4) is 0 Å². The van der Waals surface area contributed by atoms with E-state index in [2.05, 4.69) is 66.4 Å². The van der Waals surface area contributed by atoms with Crippen LogP contribution in [0, 0.1) is 6.92 Å². The van der Waals surface area contributed by atoms with E-state index < -0.39 is 0 Å². The number of H-pyrrole nitrogens is 1. The van der Waals surface area contributed by atoms with E-state index in [4.69, 9.17) is 10.7 Å². The van der Waals surface area contributed by atoms with Gasteiger partial charge in [0.2, 0.25) is 5.95 Å². The van der Waals surface area contributed by atoms with Gasteiger partial charge in [-0.2, -0.15) is 10.1 Å². The van der Waals surface area contributed by atoms with Crippen molar-refractivity contribution < 1.29 is 4.79 Å². The highest BCUT2D eigenvalue weighted by molar-refractivity contribution is 6.04. The molecule has 0 radical (unpaired) electrons. The van der Waals surface area contributed by atoms with Crippen molar-refractivity contribution in [3.63, 3.8) is 0 Å². The fourth-order valence-electron chi connectivity index (χ4n) is 5.52. The van der Waals surface area contributed by atoms with E-state index in [1.165, 1.54) is 25.6 Å². The Morgan fingerprint density at radius 2 is 1.93 bits per heavy atom. The van der Waals surface area contributed by atoms with Crippen molar-refractivity contribution in [2.75, 3.05) is 47.4 Å². The fourth-order valence-corrected chi connectivity index (χ4v) is 5.52. The first-order valence-corrected chi connectivity index (χ1v) is 14.2. The van der Waals surface area contributed by atoms with Crippen LogP contribution in [-0.4, -0.2) is 73.2 Å². The monoisotopic (exact) mass is 555 g/mol. The standard InChI is InChI=1S/C29H37N11O/c1-17-8-9-18(27(41)34-22-14-21(37-38-22)29(2,3)4)13-20(17)33-26-24-23(31-16-32-26)25(30)36-28(35-24)40-12-11-39-10-6-5-7-19(39)15-40/h8-9,13-14,16,19H,5-7,10-12,15H2,1-4H3,(H2,30,35,36)(H,31,32,33)(H2,34,37,38,41). The number of piperidine rings is 1. The number of aryl methyl sites for hydroxylation is 1. The van der Waals surface area contributed by atoms with E-state index in [1.54, 1.807) is 12.1 Å². The first kappa shape index (κ1) is 26.9. The van der Waals surface area contributed by atoms with Crippen LogP contribution in [0.2, 0.25) is 0 Å². The van der Waals surface area contributed by atoms with Crippen LogP contribution in [-0.2, 0) is 5.41 Å². The minimum Gasteiger partial charge on any atom is -0.382 e. The number of carbonyl (C=O) groups is 1. The average Bonchev–Trinajstić information content (AvgIpc) is 3.43. The summed E-state index contributed by atoms with van der Waals surface area (Å²) >= 11 is 0. The summed E-state index contributed by atoms with van der Waals surface area (Å²) in [6.45, 7) is 12.1. The zero-order valence-corrected chi connectivity index (χ0v) is 24.0. The second-order valence-electron chi connectivity index (χ2n) is 12.0. The number of nitrogens with one attached hydrogen (secondary N) is 3. The molecule has 1 unspecified atom stereocenters. The van der Waals surface area contributed by atoms with Crippen molar-refractivity contribution in [1.29, 1.82) is 0 Å². The third kappa shape index (κ3) is 5.51. The van der Waals surface area contributed by atoms with Gasteiger partial charge in [0, 0.05) is 48.4 Å². The van der Waals surface area contributed by atoms with E-state index in [0.29, 0.717) is 46.0 Å². The highest BCUT2D eigenvalue weighted by Gasteiger charge is 2.30. The smallest absolute Gasteiger partial charge is 0.256 e. The molecule has 0 bridgehead atoms. The molecular formula is C29H37N11O. The Hall–Kier alpha value is -4.32. The number of carbonyl (C=O) groups excluding carboxylic acids is 1. The Morgan fingerprint density at radius 1 is 1.07 bits per heavy atom. The summed E-state index contributed by atoms with van der Waals surface area (Å²) in [7, 11) is 0. The summed E-state index contributed by atoms with van der Waals surface area (Å²) in [5.41, 5.74) is 10.3. The second-order valence-corrected chi connectivity index (χ2v) is 12.0. The number of fused-ring (bicyclic) bond motifs is 2. The zero-order valence-electron chi connectivity index (χ0n) is 24.0. The molecule has 214 valence electrons. The molecule has 0 aliphatic carbocycles. The maximum absolute atomic E-state index is 13.1. The molecule has 1 atom stereocenters. The molecule has 2 fully saturated rings. The van der Waals surface area contributed by atoms with Crippen molar-refractivity contribution in [2.24, 2.45) is 0 Å². The van der Waals surface area contributed by atoms with E-state index >= 15 is 0 Å². The molecular weight excluding hydrogens is 518 g/mol. The lowest BCUT2D eigenvalue weighted by Crippen LogP contribution is -2.55. The number of nitrogens with two attached hydrogens (primary N) is 1. The lowest BCUT2D eigenvalue weighted by molar-refractivity contribution is 0.102. The molecule has 3 aromatic heterocycles. The highest BCUT2D eigenvalue weighted by Crippen LogP contribution is 2.30. The third-order valence-corrected chi connectivity index (χ3v) is 7.96. The molecule has 1 aromatic carbocycles. The predicted octanol–water partition coefficient (Wildman–Crippen LogP) is 4.00. The third-order valence-electron chi connectivity index (χ3n) is 7.96. The van der Waals surface area contributed by atoms with Crippen molar-refractivity contribution in [2.45, 2.75) is 58.4 Å². The number of benzene rings is 1. The van der Waals surface area contributed by atoms with Crippen LogP contribution >= 0.6 is 0 Å². The van der Waals surface area contributed by atoms with Crippen LogP contribution in [0.25, 0.3) is 11.0 Å². The predicted molar refractivity (Wildman–Crippen MR) is 161 cm³/mol. The van der Waals surface area contributed by atoms with Gasteiger partial charge in [0.1, 0.15) is 23.2 Å². The minimum absolute atomic E-state index is 0.127. The van der Waals surface area contributed by atoms with Gasteiger partial charge in [-0.05, 0) is 44.0 Å². The number of aromatic nitrogens is 6. The van der Waals surface area contributed by atoms with Gasteiger partial charge in [0.25, 0.3) is 5.91 Å². The average molecular weight is 556 g/mol. The number of aromatic amines is 1. The van der Waals surface area contributed by atoms with Crippen LogP contribution in [0.1, 0.15) is 61.6 Å². The maximum Gasteiger partial charge on any atom is 0.256 e. The first-order valence-electron chi connectivity index (χ1n) is 14.2. The number of piperazine rings is 1. The van der Waals surface area contributed by atoms with E-state index in [1.807, 2.05) is 19.1 Å². The van der Waals surface area contributed by atoms with Crippen LogP contribution in [0.15, 0.2) is 30.6 Å². The molecule has 0 saturated carbocycles. The first-order chi connectivity index (χ1) is 19.7. The molecule has 5 heterocycles. The highest BCUT2D eigenvalue weighted by atomic mass is 16.1. The Bertz CT molecular complexity index is 1590. The lowest BCUT2D eigenvalue weighted by Gasteiger charge is -2.44. The number of rotatable bonds is 5. The topological polar surface area (TPSA) is 154 Å². The fraction of sp³-hybridized carbons (Fsp3) is 0.448. The van der Waals surface area contributed by atoms with Crippen molar-refractivity contribution >= 4 is 46.0 Å². The summed E-state index contributed by atoms with van der Waals surface area (Å²) in [6, 6.07) is 7.85. The number of nitrogens with zero attached hydrogens (tertiary/aromatic N) is 7. The van der Waals surface area contributed by atoms with Gasteiger partial charge in [-0.3, -0.25) is 14.8 Å². The van der Waals surface area contributed by atoms with Gasteiger partial charge in [0.05, 0.1) is 5.69 Å². The largest absolute Gasteiger partial charge is 0.382 e. The SMILES string of the molecule is Cc1ccc(C(=O)Nc2cc(C(C)(C)C)n[nH]2)cc1Nc1ncnc2c(N)nc(N3CCN4CCCCC4C3)nc12. The molecule has 6 rings (SSSR count). The van der Waals surface area contributed by atoms with Gasteiger partial charge in [-0.25, -0.2) is 15.0 Å².